The standard InChI is InChI=1S/C16H19NO3/c1-12(2)16(19)17(11-14-7-5-9-20-14)10-13-6-3-4-8-15(13)18/h3-9,12,18H,10-11H2,1-2H3. The van der Waals surface area contributed by atoms with Crippen molar-refractivity contribution in [3.8, 4) is 5.75 Å². The first-order chi connectivity index (χ1) is 9.58. The highest BCUT2D eigenvalue weighted by Gasteiger charge is 2.19. The van der Waals surface area contributed by atoms with Crippen LogP contribution in [0.2, 0.25) is 0 Å². The summed E-state index contributed by atoms with van der Waals surface area (Å²) in [7, 11) is 0. The molecule has 0 radical (unpaired) electrons. The van der Waals surface area contributed by atoms with Crippen LogP contribution in [0, 0.1) is 5.92 Å². The molecule has 1 heterocycles. The highest BCUT2D eigenvalue weighted by atomic mass is 16.3. The third kappa shape index (κ3) is 3.41. The minimum absolute atomic E-state index is 0.0321. The van der Waals surface area contributed by atoms with Crippen LogP contribution in [0.15, 0.2) is 47.1 Å². The number of furan rings is 1. The van der Waals surface area contributed by atoms with E-state index in [1.807, 2.05) is 32.0 Å². The van der Waals surface area contributed by atoms with Gasteiger partial charge in [0.25, 0.3) is 0 Å². The van der Waals surface area contributed by atoms with Crippen LogP contribution in [0.25, 0.3) is 0 Å². The van der Waals surface area contributed by atoms with E-state index in [0.717, 1.165) is 11.3 Å². The zero-order valence-electron chi connectivity index (χ0n) is 11.7. The Labute approximate surface area is 118 Å². The van der Waals surface area contributed by atoms with Gasteiger partial charge in [-0.25, -0.2) is 0 Å². The summed E-state index contributed by atoms with van der Waals surface area (Å²) in [6.45, 7) is 4.49. The Balaban J connectivity index is 2.18. The average Bonchev–Trinajstić information content (AvgIpc) is 2.92. The second-order valence-corrected chi connectivity index (χ2v) is 5.06. The van der Waals surface area contributed by atoms with Crippen molar-refractivity contribution in [2.75, 3.05) is 0 Å². The van der Waals surface area contributed by atoms with Gasteiger partial charge in [0, 0.05) is 18.0 Å². The number of phenolic OH excluding ortho intramolecular Hbond substituents is 1. The Hall–Kier alpha value is -2.23. The summed E-state index contributed by atoms with van der Waals surface area (Å²) in [4.78, 5) is 14.0. The molecule has 0 aliphatic heterocycles. The largest absolute Gasteiger partial charge is 0.508 e. The van der Waals surface area contributed by atoms with Crippen LogP contribution in [0.4, 0.5) is 0 Å². The molecule has 1 amide bonds. The normalized spacial score (nSPS) is 10.8. The summed E-state index contributed by atoms with van der Waals surface area (Å²) in [5.41, 5.74) is 0.730. The Kier molecular flexibility index (Phi) is 4.45. The maximum absolute atomic E-state index is 12.3. The van der Waals surface area contributed by atoms with Gasteiger partial charge >= 0.3 is 0 Å². The minimum Gasteiger partial charge on any atom is -0.508 e. The molecule has 0 spiro atoms. The molecule has 0 atom stereocenters. The molecule has 0 bridgehead atoms. The molecule has 2 aromatic rings. The number of carbonyl (C=O) groups is 1. The smallest absolute Gasteiger partial charge is 0.225 e. The number of phenols is 1. The van der Waals surface area contributed by atoms with Gasteiger partial charge in [-0.2, -0.15) is 0 Å². The van der Waals surface area contributed by atoms with Crippen molar-refractivity contribution in [3.63, 3.8) is 0 Å². The van der Waals surface area contributed by atoms with Crippen molar-refractivity contribution in [2.24, 2.45) is 5.92 Å². The van der Waals surface area contributed by atoms with Gasteiger partial charge in [-0.1, -0.05) is 32.0 Å². The first-order valence-corrected chi connectivity index (χ1v) is 6.66. The summed E-state index contributed by atoms with van der Waals surface area (Å²) in [6.07, 6.45) is 1.59. The van der Waals surface area contributed by atoms with E-state index in [0.29, 0.717) is 13.1 Å². The van der Waals surface area contributed by atoms with Crippen molar-refractivity contribution < 1.29 is 14.3 Å². The summed E-state index contributed by atoms with van der Waals surface area (Å²) in [6, 6.07) is 10.7. The number of para-hydroxylation sites is 1. The molecule has 2 rings (SSSR count). The van der Waals surface area contributed by atoms with Gasteiger partial charge in [-0.15, -0.1) is 0 Å². The fraction of sp³-hybridized carbons (Fsp3) is 0.312. The molecule has 0 saturated carbocycles. The van der Waals surface area contributed by atoms with Crippen LogP contribution in [0.1, 0.15) is 25.2 Å². The minimum atomic E-state index is -0.101. The quantitative estimate of drug-likeness (QED) is 0.910. The van der Waals surface area contributed by atoms with Crippen LogP contribution < -0.4 is 0 Å². The molecule has 0 aliphatic rings. The number of hydrogen-bond acceptors (Lipinski definition) is 3. The first-order valence-electron chi connectivity index (χ1n) is 6.66. The van der Waals surface area contributed by atoms with Gasteiger partial charge in [-0.3, -0.25) is 4.79 Å². The summed E-state index contributed by atoms with van der Waals surface area (Å²) in [5, 5.41) is 9.84. The first kappa shape index (κ1) is 14.2. The van der Waals surface area contributed by atoms with Gasteiger partial charge in [0.2, 0.25) is 5.91 Å². The third-order valence-electron chi connectivity index (χ3n) is 3.09. The van der Waals surface area contributed by atoms with Crippen LogP contribution in [-0.2, 0) is 17.9 Å². The highest BCUT2D eigenvalue weighted by Crippen LogP contribution is 2.20. The zero-order chi connectivity index (χ0) is 14.5. The lowest BCUT2D eigenvalue weighted by Crippen LogP contribution is -2.33. The van der Waals surface area contributed by atoms with Crippen molar-refractivity contribution in [3.05, 3.63) is 54.0 Å². The Bertz CT molecular complexity index is 561. The maximum Gasteiger partial charge on any atom is 0.225 e. The number of amides is 1. The molecule has 0 unspecified atom stereocenters. The SMILES string of the molecule is CC(C)C(=O)N(Cc1ccco1)Cc1ccccc1O. The molecule has 0 saturated heterocycles. The van der Waals surface area contributed by atoms with Gasteiger partial charge in [-0.05, 0) is 18.2 Å². The van der Waals surface area contributed by atoms with E-state index >= 15 is 0 Å². The fourth-order valence-electron chi connectivity index (χ4n) is 2.02. The van der Waals surface area contributed by atoms with Crippen molar-refractivity contribution in [1.82, 2.24) is 4.90 Å². The predicted octanol–water partition coefficient (Wildman–Crippen LogP) is 3.17. The number of carbonyl (C=O) groups excluding carboxylic acids is 1. The Morgan fingerprint density at radius 2 is 1.95 bits per heavy atom. The van der Waals surface area contributed by atoms with Gasteiger partial charge in [0.15, 0.2) is 0 Å². The van der Waals surface area contributed by atoms with Crippen LogP contribution in [-0.4, -0.2) is 15.9 Å². The summed E-state index contributed by atoms with van der Waals surface area (Å²) < 4.78 is 5.31. The predicted molar refractivity (Wildman–Crippen MR) is 75.9 cm³/mol. The maximum atomic E-state index is 12.3. The van der Waals surface area contributed by atoms with Crippen LogP contribution >= 0.6 is 0 Å². The van der Waals surface area contributed by atoms with E-state index in [1.165, 1.54) is 0 Å². The van der Waals surface area contributed by atoms with Crippen LogP contribution in [0.3, 0.4) is 0 Å². The van der Waals surface area contributed by atoms with Gasteiger partial charge in [0.05, 0.1) is 12.8 Å². The average molecular weight is 273 g/mol. The molecule has 106 valence electrons. The lowest BCUT2D eigenvalue weighted by molar-refractivity contribution is -0.136. The molecule has 4 nitrogen and oxygen atoms in total. The lowest BCUT2D eigenvalue weighted by Gasteiger charge is -2.24. The molecular weight excluding hydrogens is 254 g/mol. The number of aromatic hydroxyl groups is 1. The van der Waals surface area contributed by atoms with E-state index < -0.39 is 0 Å². The summed E-state index contributed by atoms with van der Waals surface area (Å²) >= 11 is 0. The third-order valence-corrected chi connectivity index (χ3v) is 3.09. The van der Waals surface area contributed by atoms with E-state index in [1.54, 1.807) is 29.4 Å². The van der Waals surface area contributed by atoms with E-state index in [4.69, 9.17) is 4.42 Å². The number of benzene rings is 1. The lowest BCUT2D eigenvalue weighted by atomic mass is 10.1. The number of rotatable bonds is 5. The van der Waals surface area contributed by atoms with E-state index in [2.05, 4.69) is 0 Å². The molecule has 0 fully saturated rings. The Morgan fingerprint density at radius 3 is 2.55 bits per heavy atom. The number of hydrogen-bond donors (Lipinski definition) is 1. The van der Waals surface area contributed by atoms with E-state index in [-0.39, 0.29) is 17.6 Å². The molecule has 0 aliphatic carbocycles. The summed E-state index contributed by atoms with van der Waals surface area (Å²) in [5.74, 6) is 0.864. The van der Waals surface area contributed by atoms with Gasteiger partial charge in [0.1, 0.15) is 11.5 Å². The second kappa shape index (κ2) is 6.28. The molecular formula is C16H19NO3. The topological polar surface area (TPSA) is 53.7 Å². The monoisotopic (exact) mass is 273 g/mol. The van der Waals surface area contributed by atoms with Crippen molar-refractivity contribution in [1.29, 1.82) is 0 Å². The zero-order valence-corrected chi connectivity index (χ0v) is 11.7. The van der Waals surface area contributed by atoms with Crippen LogP contribution in [0.5, 0.6) is 5.75 Å². The Morgan fingerprint density at radius 1 is 1.20 bits per heavy atom. The molecule has 1 aromatic heterocycles. The van der Waals surface area contributed by atoms with Crippen molar-refractivity contribution >= 4 is 5.91 Å². The fourth-order valence-corrected chi connectivity index (χ4v) is 2.02. The van der Waals surface area contributed by atoms with Gasteiger partial charge < -0.3 is 14.4 Å². The van der Waals surface area contributed by atoms with E-state index in [9.17, 15) is 9.90 Å². The second-order valence-electron chi connectivity index (χ2n) is 5.06. The highest BCUT2D eigenvalue weighted by molar-refractivity contribution is 5.78. The number of nitrogens with zero attached hydrogens (tertiary/aromatic N) is 1. The molecule has 1 aromatic carbocycles. The molecule has 1 N–H and O–H groups in total. The molecule has 20 heavy (non-hydrogen) atoms. The molecule has 4 heteroatoms. The van der Waals surface area contributed by atoms with Crippen molar-refractivity contribution in [2.45, 2.75) is 26.9 Å².